The van der Waals surface area contributed by atoms with E-state index in [9.17, 15) is 18.0 Å². The molecule has 1 fully saturated rings. The molecule has 9 heteroatoms. The van der Waals surface area contributed by atoms with E-state index in [4.69, 9.17) is 4.74 Å². The first-order chi connectivity index (χ1) is 15.8. The van der Waals surface area contributed by atoms with Crippen molar-refractivity contribution in [2.24, 2.45) is 0 Å². The fourth-order valence-electron chi connectivity index (χ4n) is 3.86. The maximum Gasteiger partial charge on any atom is 0.262 e. The van der Waals surface area contributed by atoms with Crippen LogP contribution in [0.4, 0.5) is 11.4 Å². The molecule has 0 radical (unpaired) electrons. The summed E-state index contributed by atoms with van der Waals surface area (Å²) >= 11 is 0. The zero-order valence-electron chi connectivity index (χ0n) is 19.3. The van der Waals surface area contributed by atoms with Crippen LogP contribution in [0.25, 0.3) is 0 Å². The zero-order valence-corrected chi connectivity index (χ0v) is 20.2. The molecule has 0 aromatic heterocycles. The van der Waals surface area contributed by atoms with E-state index in [2.05, 4.69) is 10.2 Å². The van der Waals surface area contributed by atoms with Gasteiger partial charge in [-0.3, -0.25) is 9.59 Å². The average molecular weight is 474 g/mol. The number of benzene rings is 2. The van der Waals surface area contributed by atoms with Crippen LogP contribution < -0.4 is 15.0 Å². The number of carbonyl (C=O) groups is 2. The number of ether oxygens (including phenoxy) is 1. The van der Waals surface area contributed by atoms with E-state index in [0.717, 1.165) is 31.6 Å². The number of nitrogens with zero attached hydrogens (tertiary/aromatic N) is 2. The summed E-state index contributed by atoms with van der Waals surface area (Å²) in [6.45, 7) is 7.20. The molecule has 178 valence electrons. The Balaban J connectivity index is 1.82. The number of anilines is 2. The molecule has 1 N–H and O–H groups in total. The fraction of sp³-hybridized carbons (Fsp3) is 0.417. The molecule has 1 aliphatic rings. The third-order valence-electron chi connectivity index (χ3n) is 5.64. The van der Waals surface area contributed by atoms with Crippen molar-refractivity contribution in [2.75, 3.05) is 43.0 Å². The normalized spacial score (nSPS) is 13.9. The van der Waals surface area contributed by atoms with E-state index in [1.54, 1.807) is 50.2 Å². The van der Waals surface area contributed by atoms with Gasteiger partial charge < -0.3 is 15.0 Å². The van der Waals surface area contributed by atoms with Crippen molar-refractivity contribution < 1.29 is 22.7 Å². The lowest BCUT2D eigenvalue weighted by molar-refractivity contribution is -0.118. The first kappa shape index (κ1) is 24.7. The van der Waals surface area contributed by atoms with Crippen LogP contribution in [-0.4, -0.2) is 57.2 Å². The van der Waals surface area contributed by atoms with Crippen LogP contribution in [-0.2, 0) is 14.8 Å². The summed E-state index contributed by atoms with van der Waals surface area (Å²) in [5, 5.41) is 2.83. The predicted octanol–water partition coefficient (Wildman–Crippen LogP) is 3.54. The highest BCUT2D eigenvalue weighted by atomic mass is 32.2. The minimum Gasteiger partial charge on any atom is -0.484 e. The van der Waals surface area contributed by atoms with Gasteiger partial charge >= 0.3 is 0 Å². The fourth-order valence-corrected chi connectivity index (χ4v) is 5.35. The molecular formula is C24H31N3O5S. The number of carbonyl (C=O) groups excluding carboxylic acids is 2. The molecule has 1 heterocycles. The van der Waals surface area contributed by atoms with Gasteiger partial charge in [0.25, 0.3) is 5.91 Å². The molecule has 1 saturated heterocycles. The minimum atomic E-state index is -3.67. The van der Waals surface area contributed by atoms with Gasteiger partial charge in [0, 0.05) is 31.7 Å². The molecule has 0 aliphatic carbocycles. The topological polar surface area (TPSA) is 96.0 Å². The third-order valence-corrected chi connectivity index (χ3v) is 7.69. The van der Waals surface area contributed by atoms with Gasteiger partial charge in [-0.1, -0.05) is 26.0 Å². The van der Waals surface area contributed by atoms with Crippen molar-refractivity contribution in [3.05, 3.63) is 48.0 Å². The molecule has 0 bridgehead atoms. The number of ketones is 1. The Morgan fingerprint density at radius 2 is 1.76 bits per heavy atom. The van der Waals surface area contributed by atoms with Crippen LogP contribution in [0.1, 0.15) is 44.0 Å². The number of sulfonamides is 1. The Morgan fingerprint density at radius 1 is 1.06 bits per heavy atom. The molecule has 0 spiro atoms. The molecule has 2 aromatic rings. The van der Waals surface area contributed by atoms with Crippen molar-refractivity contribution in [3.8, 4) is 5.75 Å². The molecular weight excluding hydrogens is 442 g/mol. The van der Waals surface area contributed by atoms with Crippen LogP contribution in [0.15, 0.2) is 47.4 Å². The van der Waals surface area contributed by atoms with Crippen LogP contribution >= 0.6 is 0 Å². The number of hydrogen-bond donors (Lipinski definition) is 1. The first-order valence-electron chi connectivity index (χ1n) is 11.2. The lowest BCUT2D eigenvalue weighted by Gasteiger charge is -2.24. The summed E-state index contributed by atoms with van der Waals surface area (Å²) in [4.78, 5) is 26.5. The summed E-state index contributed by atoms with van der Waals surface area (Å²) in [6.07, 6.45) is 2.09. The van der Waals surface area contributed by atoms with Gasteiger partial charge in [0.05, 0.1) is 16.3 Å². The van der Waals surface area contributed by atoms with E-state index >= 15 is 0 Å². The molecule has 0 unspecified atom stereocenters. The van der Waals surface area contributed by atoms with Crippen molar-refractivity contribution in [1.29, 1.82) is 0 Å². The van der Waals surface area contributed by atoms with Gasteiger partial charge in [0.2, 0.25) is 10.0 Å². The van der Waals surface area contributed by atoms with Crippen molar-refractivity contribution >= 4 is 33.1 Å². The number of hydrogen-bond acceptors (Lipinski definition) is 6. The quantitative estimate of drug-likeness (QED) is 0.531. The van der Waals surface area contributed by atoms with Gasteiger partial charge in [-0.05, 0) is 50.1 Å². The second-order valence-corrected chi connectivity index (χ2v) is 9.82. The standard InChI is InChI=1S/C24H31N3O5S/c1-4-27(5-2)33(30,31)21-11-12-23(26-13-6-7-14-26)22(16-21)25-24(29)17-32-20-10-8-9-19(15-20)18(3)28/h8-12,15-16H,4-7,13-14,17H2,1-3H3,(H,25,29). The smallest absolute Gasteiger partial charge is 0.262 e. The maximum atomic E-state index is 13.0. The Bertz CT molecular complexity index is 1110. The van der Waals surface area contributed by atoms with E-state index in [0.29, 0.717) is 30.1 Å². The number of nitrogens with one attached hydrogen (secondary N) is 1. The summed E-state index contributed by atoms with van der Waals surface area (Å²) in [7, 11) is -3.67. The number of amides is 1. The predicted molar refractivity (Wildman–Crippen MR) is 129 cm³/mol. The van der Waals surface area contributed by atoms with Crippen molar-refractivity contribution in [2.45, 2.75) is 38.5 Å². The van der Waals surface area contributed by atoms with E-state index in [1.807, 2.05) is 0 Å². The summed E-state index contributed by atoms with van der Waals surface area (Å²) in [5.74, 6) is -0.0945. The first-order valence-corrected chi connectivity index (χ1v) is 12.6. The molecule has 8 nitrogen and oxygen atoms in total. The molecule has 0 atom stereocenters. The third kappa shape index (κ3) is 5.91. The van der Waals surface area contributed by atoms with E-state index in [-0.39, 0.29) is 17.3 Å². The highest BCUT2D eigenvalue weighted by Gasteiger charge is 2.25. The summed E-state index contributed by atoms with van der Waals surface area (Å²) < 4.78 is 33.0. The van der Waals surface area contributed by atoms with Crippen molar-refractivity contribution in [3.63, 3.8) is 0 Å². The summed E-state index contributed by atoms with van der Waals surface area (Å²) in [5.41, 5.74) is 1.73. The van der Waals surface area contributed by atoms with Gasteiger partial charge in [-0.2, -0.15) is 4.31 Å². The Morgan fingerprint density at radius 3 is 2.39 bits per heavy atom. The van der Waals surface area contributed by atoms with Crippen LogP contribution in [0.2, 0.25) is 0 Å². The Hall–Kier alpha value is -2.91. The lowest BCUT2D eigenvalue weighted by Crippen LogP contribution is -2.31. The Labute approximate surface area is 195 Å². The second-order valence-electron chi connectivity index (χ2n) is 7.88. The van der Waals surface area contributed by atoms with Gasteiger partial charge in [-0.15, -0.1) is 0 Å². The Kier molecular flexibility index (Phi) is 8.10. The molecule has 1 aliphatic heterocycles. The zero-order chi connectivity index (χ0) is 24.0. The minimum absolute atomic E-state index is 0.0913. The monoisotopic (exact) mass is 473 g/mol. The van der Waals surface area contributed by atoms with E-state index in [1.165, 1.54) is 17.3 Å². The van der Waals surface area contributed by atoms with Gasteiger partial charge in [0.15, 0.2) is 12.4 Å². The molecule has 3 rings (SSSR count). The van der Waals surface area contributed by atoms with Crippen LogP contribution in [0.5, 0.6) is 5.75 Å². The van der Waals surface area contributed by atoms with Gasteiger partial charge in [0.1, 0.15) is 5.75 Å². The van der Waals surface area contributed by atoms with Crippen LogP contribution in [0.3, 0.4) is 0 Å². The molecule has 1 amide bonds. The highest BCUT2D eigenvalue weighted by Crippen LogP contribution is 2.32. The average Bonchev–Trinajstić information content (AvgIpc) is 3.33. The molecule has 0 saturated carbocycles. The van der Waals surface area contributed by atoms with Crippen LogP contribution in [0, 0.1) is 0 Å². The SMILES string of the molecule is CCN(CC)S(=O)(=O)c1ccc(N2CCCC2)c(NC(=O)COc2cccc(C(C)=O)c2)c1. The maximum absolute atomic E-state index is 13.0. The van der Waals surface area contributed by atoms with Gasteiger partial charge in [-0.25, -0.2) is 8.42 Å². The highest BCUT2D eigenvalue weighted by molar-refractivity contribution is 7.89. The number of rotatable bonds is 10. The largest absolute Gasteiger partial charge is 0.484 e. The molecule has 2 aromatic carbocycles. The van der Waals surface area contributed by atoms with Crippen molar-refractivity contribution in [1.82, 2.24) is 4.31 Å². The number of Topliss-reactive ketones (excluding diaryl/α,β-unsaturated/α-hetero) is 1. The van der Waals surface area contributed by atoms with E-state index < -0.39 is 15.9 Å². The molecule has 33 heavy (non-hydrogen) atoms. The summed E-state index contributed by atoms with van der Waals surface area (Å²) in [6, 6.07) is 11.5. The lowest BCUT2D eigenvalue weighted by atomic mass is 10.1. The second kappa shape index (κ2) is 10.8.